The van der Waals surface area contributed by atoms with Crippen LogP contribution in [0.25, 0.3) is 0 Å². The van der Waals surface area contributed by atoms with Crippen molar-refractivity contribution in [1.82, 2.24) is 0 Å². The maximum Gasteiger partial charge on any atom is 0.163 e. The normalized spacial score (nSPS) is 19.9. The van der Waals surface area contributed by atoms with Gasteiger partial charge in [-0.1, -0.05) is 48.0 Å². The van der Waals surface area contributed by atoms with Crippen molar-refractivity contribution in [2.24, 2.45) is 0 Å². The topological polar surface area (TPSA) is 50.4 Å². The van der Waals surface area contributed by atoms with Gasteiger partial charge >= 0.3 is 0 Å². The molecule has 0 amide bonds. The maximum absolute atomic E-state index is 13.6. The zero-order chi connectivity index (χ0) is 22.2. The molecule has 5 heteroatoms. The number of ketones is 1. The Bertz CT molecular complexity index is 1220. The Morgan fingerprint density at radius 2 is 1.66 bits per heavy atom. The third kappa shape index (κ3) is 3.82. The molecule has 0 radical (unpaired) electrons. The van der Waals surface area contributed by atoms with Crippen molar-refractivity contribution < 1.29 is 9.53 Å². The number of fused-ring (bicyclic) bond motifs is 1. The van der Waals surface area contributed by atoms with Crippen LogP contribution in [0.15, 0.2) is 82.5 Å². The summed E-state index contributed by atoms with van der Waals surface area (Å²) in [5.41, 5.74) is 7.26. The van der Waals surface area contributed by atoms with Crippen molar-refractivity contribution in [3.8, 4) is 5.75 Å². The average Bonchev–Trinajstić information content (AvgIpc) is 2.96. The van der Waals surface area contributed by atoms with Crippen molar-refractivity contribution in [2.45, 2.75) is 31.7 Å². The van der Waals surface area contributed by atoms with Gasteiger partial charge in [0.1, 0.15) is 5.75 Å². The van der Waals surface area contributed by atoms with E-state index in [-0.39, 0.29) is 17.7 Å². The first-order valence-electron chi connectivity index (χ1n) is 10.8. The van der Waals surface area contributed by atoms with Gasteiger partial charge in [0, 0.05) is 17.7 Å². The minimum Gasteiger partial charge on any atom is -0.496 e. The molecule has 2 unspecified atom stereocenters. The number of carbonyl (C=O) groups excluding carboxylic acids is 1. The Hall–Kier alpha value is -3.05. The SMILES string of the molecule is COc1ccc(C2Nc3ccccc3NC3=C2C(=O)CC(c2ccc(C)cc2)C3)cc1Br. The van der Waals surface area contributed by atoms with Gasteiger partial charge in [0.15, 0.2) is 5.78 Å². The second kappa shape index (κ2) is 8.47. The fourth-order valence-corrected chi connectivity index (χ4v) is 5.24. The highest BCUT2D eigenvalue weighted by molar-refractivity contribution is 9.10. The van der Waals surface area contributed by atoms with Crippen molar-refractivity contribution in [2.75, 3.05) is 17.7 Å². The first-order chi connectivity index (χ1) is 15.5. The lowest BCUT2D eigenvalue weighted by Gasteiger charge is -2.30. The van der Waals surface area contributed by atoms with E-state index >= 15 is 0 Å². The third-order valence-electron chi connectivity index (χ3n) is 6.37. The number of rotatable bonds is 3. The van der Waals surface area contributed by atoms with E-state index in [1.165, 1.54) is 11.1 Å². The summed E-state index contributed by atoms with van der Waals surface area (Å²) in [5, 5.41) is 7.23. The van der Waals surface area contributed by atoms with E-state index in [0.29, 0.717) is 6.42 Å². The van der Waals surface area contributed by atoms with Crippen LogP contribution >= 0.6 is 15.9 Å². The fourth-order valence-electron chi connectivity index (χ4n) is 4.68. The van der Waals surface area contributed by atoms with Gasteiger partial charge in [-0.15, -0.1) is 0 Å². The number of hydrogen-bond acceptors (Lipinski definition) is 4. The van der Waals surface area contributed by atoms with Gasteiger partial charge in [-0.25, -0.2) is 0 Å². The molecule has 0 saturated carbocycles. The Morgan fingerprint density at radius 1 is 0.938 bits per heavy atom. The molecule has 3 aromatic carbocycles. The van der Waals surface area contributed by atoms with Gasteiger partial charge in [0.2, 0.25) is 0 Å². The van der Waals surface area contributed by atoms with E-state index in [0.717, 1.165) is 44.9 Å². The number of carbonyl (C=O) groups is 1. The third-order valence-corrected chi connectivity index (χ3v) is 6.99. The van der Waals surface area contributed by atoms with Gasteiger partial charge in [-0.3, -0.25) is 4.79 Å². The summed E-state index contributed by atoms with van der Waals surface area (Å²) >= 11 is 3.60. The van der Waals surface area contributed by atoms with E-state index in [1.807, 2.05) is 36.4 Å². The van der Waals surface area contributed by atoms with Gasteiger partial charge in [0.25, 0.3) is 0 Å². The number of benzene rings is 3. The van der Waals surface area contributed by atoms with E-state index in [4.69, 9.17) is 4.74 Å². The summed E-state index contributed by atoms with van der Waals surface area (Å²) in [6.45, 7) is 2.09. The van der Waals surface area contributed by atoms with Crippen LogP contribution in [-0.4, -0.2) is 12.9 Å². The van der Waals surface area contributed by atoms with Crippen molar-refractivity contribution in [3.05, 3.63) is 99.2 Å². The van der Waals surface area contributed by atoms with Crippen molar-refractivity contribution >= 4 is 33.1 Å². The molecule has 2 aliphatic rings. The molecule has 0 spiro atoms. The van der Waals surface area contributed by atoms with Crippen LogP contribution in [0.1, 0.15) is 41.5 Å². The average molecular weight is 489 g/mol. The van der Waals surface area contributed by atoms with Crippen LogP contribution in [0.3, 0.4) is 0 Å². The molecule has 2 N–H and O–H groups in total. The molecular weight excluding hydrogens is 464 g/mol. The van der Waals surface area contributed by atoms with Crippen LogP contribution in [0, 0.1) is 6.92 Å². The summed E-state index contributed by atoms with van der Waals surface area (Å²) in [4.78, 5) is 13.6. The summed E-state index contributed by atoms with van der Waals surface area (Å²) in [6.07, 6.45) is 1.31. The summed E-state index contributed by atoms with van der Waals surface area (Å²) in [6, 6.07) is 22.4. The van der Waals surface area contributed by atoms with Crippen molar-refractivity contribution in [1.29, 1.82) is 0 Å². The number of para-hydroxylation sites is 2. The molecule has 0 aromatic heterocycles. The van der Waals surface area contributed by atoms with Gasteiger partial charge in [-0.2, -0.15) is 0 Å². The first kappa shape index (κ1) is 20.8. The molecule has 0 bridgehead atoms. The second-order valence-electron chi connectivity index (χ2n) is 8.47. The fraction of sp³-hybridized carbons (Fsp3) is 0.222. The minimum atomic E-state index is -0.241. The van der Waals surface area contributed by atoms with Gasteiger partial charge in [0.05, 0.1) is 29.0 Å². The van der Waals surface area contributed by atoms with Crippen LogP contribution in [0.5, 0.6) is 5.75 Å². The molecule has 32 heavy (non-hydrogen) atoms. The number of methoxy groups -OCH3 is 1. The highest BCUT2D eigenvalue weighted by atomic mass is 79.9. The van der Waals surface area contributed by atoms with Crippen LogP contribution in [0.2, 0.25) is 0 Å². The van der Waals surface area contributed by atoms with Gasteiger partial charge < -0.3 is 15.4 Å². The number of ether oxygens (including phenoxy) is 1. The number of aryl methyl sites for hydroxylation is 1. The Balaban J connectivity index is 1.60. The minimum absolute atomic E-state index is 0.169. The Labute approximate surface area is 196 Å². The molecule has 1 heterocycles. The van der Waals surface area contributed by atoms with E-state index in [9.17, 15) is 4.79 Å². The van der Waals surface area contributed by atoms with E-state index in [2.05, 4.69) is 63.8 Å². The van der Waals surface area contributed by atoms with Crippen molar-refractivity contribution in [3.63, 3.8) is 0 Å². The monoisotopic (exact) mass is 488 g/mol. The highest BCUT2D eigenvalue weighted by Gasteiger charge is 2.36. The molecule has 3 aromatic rings. The van der Waals surface area contributed by atoms with Crippen LogP contribution in [0.4, 0.5) is 11.4 Å². The zero-order valence-corrected chi connectivity index (χ0v) is 19.7. The van der Waals surface area contributed by atoms with E-state index < -0.39 is 0 Å². The van der Waals surface area contributed by atoms with E-state index in [1.54, 1.807) is 7.11 Å². The molecule has 5 rings (SSSR count). The standard InChI is InChI=1S/C27H25BrN2O2/c1-16-7-9-17(10-8-16)19-14-23-26(24(31)15-19)27(18-11-12-25(32-2)20(28)13-18)30-22-6-4-3-5-21(22)29-23/h3-13,19,27,29-30H,14-15H2,1-2H3. The number of Topliss-reactive ketones (excluding diaryl/α,β-unsaturated/α-hetero) is 1. The predicted octanol–water partition coefficient (Wildman–Crippen LogP) is 6.75. The quantitative estimate of drug-likeness (QED) is 0.428. The summed E-state index contributed by atoms with van der Waals surface area (Å²) < 4.78 is 6.28. The number of anilines is 2. The molecule has 2 atom stereocenters. The molecule has 0 saturated heterocycles. The molecule has 4 nitrogen and oxygen atoms in total. The second-order valence-corrected chi connectivity index (χ2v) is 9.33. The summed E-state index contributed by atoms with van der Waals surface area (Å²) in [5.74, 6) is 1.12. The first-order valence-corrected chi connectivity index (χ1v) is 11.6. The predicted molar refractivity (Wildman–Crippen MR) is 132 cm³/mol. The summed E-state index contributed by atoms with van der Waals surface area (Å²) in [7, 11) is 1.65. The van der Waals surface area contributed by atoms with Crippen LogP contribution < -0.4 is 15.4 Å². The lowest BCUT2D eigenvalue weighted by Crippen LogP contribution is -2.26. The maximum atomic E-state index is 13.6. The molecule has 162 valence electrons. The molecule has 0 fully saturated rings. The van der Waals surface area contributed by atoms with Gasteiger partial charge in [-0.05, 0) is 70.6 Å². The number of halogens is 1. The highest BCUT2D eigenvalue weighted by Crippen LogP contribution is 2.45. The largest absolute Gasteiger partial charge is 0.496 e. The van der Waals surface area contributed by atoms with Crippen LogP contribution in [-0.2, 0) is 4.79 Å². The Kier molecular flexibility index (Phi) is 5.51. The smallest absolute Gasteiger partial charge is 0.163 e. The molecule has 1 aliphatic heterocycles. The number of allylic oxidation sites excluding steroid dienone is 1. The lowest BCUT2D eigenvalue weighted by molar-refractivity contribution is -0.116. The number of hydrogen-bond donors (Lipinski definition) is 2. The zero-order valence-electron chi connectivity index (χ0n) is 18.1. The Morgan fingerprint density at radius 3 is 2.38 bits per heavy atom. The molecule has 1 aliphatic carbocycles. The molecular formula is C27H25BrN2O2. The lowest BCUT2D eigenvalue weighted by atomic mass is 9.78. The number of nitrogens with one attached hydrogen (secondary N) is 2.